The van der Waals surface area contributed by atoms with Crippen LogP contribution in [0.4, 0.5) is 14.5 Å². The molecule has 0 bridgehead atoms. The largest absolute Gasteiger partial charge is 0.481 e. The highest BCUT2D eigenvalue weighted by Crippen LogP contribution is 2.33. The van der Waals surface area contributed by atoms with Crippen LogP contribution >= 0.6 is 0 Å². The van der Waals surface area contributed by atoms with E-state index in [-0.39, 0.29) is 5.69 Å². The molecule has 3 rings (SSSR count). The summed E-state index contributed by atoms with van der Waals surface area (Å²) in [5.74, 6) is -3.94. The number of nitrogens with one attached hydrogen (secondary N) is 1. The van der Waals surface area contributed by atoms with Crippen LogP contribution in [0.25, 0.3) is 11.1 Å². The molecule has 2 unspecified atom stereocenters. The third-order valence-electron chi connectivity index (χ3n) is 4.55. The van der Waals surface area contributed by atoms with E-state index in [0.29, 0.717) is 30.4 Å². The molecule has 1 fully saturated rings. The van der Waals surface area contributed by atoms with Gasteiger partial charge in [-0.2, -0.15) is 0 Å². The quantitative estimate of drug-likeness (QED) is 0.878. The molecule has 2 aromatic rings. The Morgan fingerprint density at radius 2 is 1.72 bits per heavy atom. The zero-order chi connectivity index (χ0) is 18.0. The molecule has 25 heavy (non-hydrogen) atoms. The van der Waals surface area contributed by atoms with Gasteiger partial charge in [0.2, 0.25) is 5.91 Å². The number of hydrogen-bond acceptors (Lipinski definition) is 2. The maximum atomic E-state index is 14.3. The first-order valence-electron chi connectivity index (χ1n) is 8.05. The Morgan fingerprint density at radius 3 is 2.40 bits per heavy atom. The van der Waals surface area contributed by atoms with Gasteiger partial charge in [0.25, 0.3) is 0 Å². The van der Waals surface area contributed by atoms with Gasteiger partial charge in [0, 0.05) is 0 Å². The fraction of sp³-hybridized carbons (Fsp3) is 0.263. The molecule has 0 saturated heterocycles. The molecule has 2 atom stereocenters. The molecule has 2 N–H and O–H groups in total. The molecule has 0 heterocycles. The van der Waals surface area contributed by atoms with Crippen LogP contribution in [0.1, 0.15) is 19.3 Å². The molecule has 0 radical (unpaired) electrons. The van der Waals surface area contributed by atoms with Crippen molar-refractivity contribution in [3.8, 4) is 11.1 Å². The lowest BCUT2D eigenvalue weighted by atomic mass is 9.95. The summed E-state index contributed by atoms with van der Waals surface area (Å²) in [7, 11) is 0. The van der Waals surface area contributed by atoms with Crippen LogP contribution in [0.5, 0.6) is 0 Å². The van der Waals surface area contributed by atoms with Gasteiger partial charge in [0.05, 0.1) is 17.5 Å². The van der Waals surface area contributed by atoms with E-state index in [1.54, 1.807) is 12.1 Å². The average Bonchev–Trinajstić information content (AvgIpc) is 3.06. The fourth-order valence-electron chi connectivity index (χ4n) is 3.26. The van der Waals surface area contributed by atoms with Gasteiger partial charge in [0.15, 0.2) is 0 Å². The van der Waals surface area contributed by atoms with Crippen LogP contribution in [0.3, 0.4) is 0 Å². The van der Waals surface area contributed by atoms with Crippen molar-refractivity contribution in [2.24, 2.45) is 11.8 Å². The lowest BCUT2D eigenvalue weighted by Gasteiger charge is -2.16. The van der Waals surface area contributed by atoms with Gasteiger partial charge in [0.1, 0.15) is 11.6 Å². The van der Waals surface area contributed by atoms with Crippen LogP contribution in [0.15, 0.2) is 42.5 Å². The van der Waals surface area contributed by atoms with Gasteiger partial charge < -0.3 is 10.4 Å². The molecule has 1 aliphatic carbocycles. The summed E-state index contributed by atoms with van der Waals surface area (Å²) in [4.78, 5) is 23.5. The van der Waals surface area contributed by atoms with Crippen molar-refractivity contribution in [1.82, 2.24) is 0 Å². The van der Waals surface area contributed by atoms with E-state index in [0.717, 1.165) is 0 Å². The molecule has 1 saturated carbocycles. The maximum absolute atomic E-state index is 14.3. The summed E-state index contributed by atoms with van der Waals surface area (Å²) >= 11 is 0. The van der Waals surface area contributed by atoms with E-state index >= 15 is 0 Å². The molecule has 0 aliphatic heterocycles. The van der Waals surface area contributed by atoms with E-state index in [2.05, 4.69) is 5.32 Å². The Morgan fingerprint density at radius 1 is 1.00 bits per heavy atom. The summed E-state index contributed by atoms with van der Waals surface area (Å²) in [5.41, 5.74) is 0.999. The predicted octanol–water partition coefficient (Wildman–Crippen LogP) is 4.07. The lowest BCUT2D eigenvalue weighted by molar-refractivity contribution is -0.145. The fourth-order valence-corrected chi connectivity index (χ4v) is 3.26. The standard InChI is InChI=1S/C19H17F2NO3/c20-13-4-1-3-11(9-13)12-7-8-17(16(21)10-12)22-18(23)14-5-2-6-15(14)19(24)25/h1,3-4,7-10,14-15H,2,5-6H2,(H,22,23)(H,24,25). The molecule has 0 aromatic heterocycles. The summed E-state index contributed by atoms with van der Waals surface area (Å²) in [6, 6.07) is 9.98. The Hall–Kier alpha value is -2.76. The number of carboxylic acids is 1. The first-order valence-corrected chi connectivity index (χ1v) is 8.05. The molecule has 0 spiro atoms. The Kier molecular flexibility index (Phi) is 4.79. The zero-order valence-electron chi connectivity index (χ0n) is 13.3. The molecule has 130 valence electrons. The van der Waals surface area contributed by atoms with Gasteiger partial charge in [-0.15, -0.1) is 0 Å². The molecule has 1 aliphatic rings. The number of carbonyl (C=O) groups is 2. The minimum absolute atomic E-state index is 0.0128. The SMILES string of the molecule is O=C(O)C1CCCC1C(=O)Nc1ccc(-c2cccc(F)c2)cc1F. The van der Waals surface area contributed by atoms with Crippen LogP contribution in [-0.4, -0.2) is 17.0 Å². The minimum atomic E-state index is -1.00. The second-order valence-corrected chi connectivity index (χ2v) is 6.18. The van der Waals surface area contributed by atoms with E-state index < -0.39 is 35.3 Å². The summed E-state index contributed by atoms with van der Waals surface area (Å²) in [6.07, 6.45) is 1.59. The predicted molar refractivity (Wildman–Crippen MR) is 88.9 cm³/mol. The molecule has 1 amide bonds. The summed E-state index contributed by atoms with van der Waals surface area (Å²) < 4.78 is 27.6. The van der Waals surface area contributed by atoms with Crippen LogP contribution in [-0.2, 0) is 9.59 Å². The Bertz CT molecular complexity index is 822. The van der Waals surface area contributed by atoms with Gasteiger partial charge in [-0.25, -0.2) is 8.78 Å². The summed E-state index contributed by atoms with van der Waals surface area (Å²) in [6.45, 7) is 0. The maximum Gasteiger partial charge on any atom is 0.307 e. The Balaban J connectivity index is 1.77. The molecule has 6 heteroatoms. The Labute approximate surface area is 143 Å². The van der Waals surface area contributed by atoms with Crippen molar-refractivity contribution < 1.29 is 23.5 Å². The first kappa shape index (κ1) is 17.1. The zero-order valence-corrected chi connectivity index (χ0v) is 13.3. The van der Waals surface area contributed by atoms with Crippen LogP contribution in [0.2, 0.25) is 0 Å². The van der Waals surface area contributed by atoms with Gasteiger partial charge in [-0.1, -0.05) is 24.6 Å². The minimum Gasteiger partial charge on any atom is -0.481 e. The molecule has 4 nitrogen and oxygen atoms in total. The number of rotatable bonds is 4. The number of benzene rings is 2. The van der Waals surface area contributed by atoms with Gasteiger partial charge >= 0.3 is 5.97 Å². The number of halogens is 2. The van der Waals surface area contributed by atoms with Crippen molar-refractivity contribution in [2.45, 2.75) is 19.3 Å². The average molecular weight is 345 g/mol. The normalized spacial score (nSPS) is 19.6. The number of hydrogen-bond donors (Lipinski definition) is 2. The topological polar surface area (TPSA) is 66.4 Å². The smallest absolute Gasteiger partial charge is 0.307 e. The lowest BCUT2D eigenvalue weighted by Crippen LogP contribution is -2.30. The van der Waals surface area contributed by atoms with Crippen molar-refractivity contribution in [2.75, 3.05) is 5.32 Å². The number of amides is 1. The van der Waals surface area contributed by atoms with Crippen LogP contribution in [0, 0.1) is 23.5 Å². The van der Waals surface area contributed by atoms with E-state index in [1.807, 2.05) is 0 Å². The van der Waals surface area contributed by atoms with Crippen molar-refractivity contribution >= 4 is 17.6 Å². The van der Waals surface area contributed by atoms with E-state index in [1.165, 1.54) is 30.3 Å². The summed E-state index contributed by atoms with van der Waals surface area (Å²) in [5, 5.41) is 11.6. The highest BCUT2D eigenvalue weighted by molar-refractivity contribution is 5.95. The number of carboxylic acid groups (broad SMARTS) is 1. The van der Waals surface area contributed by atoms with Crippen molar-refractivity contribution in [3.05, 3.63) is 54.1 Å². The van der Waals surface area contributed by atoms with Gasteiger partial charge in [-0.3, -0.25) is 9.59 Å². The second-order valence-electron chi connectivity index (χ2n) is 6.18. The van der Waals surface area contributed by atoms with Crippen molar-refractivity contribution in [1.29, 1.82) is 0 Å². The third-order valence-corrected chi connectivity index (χ3v) is 4.55. The van der Waals surface area contributed by atoms with Crippen LogP contribution < -0.4 is 5.32 Å². The number of anilines is 1. The molecule has 2 aromatic carbocycles. The monoisotopic (exact) mass is 345 g/mol. The highest BCUT2D eigenvalue weighted by atomic mass is 19.1. The molecular formula is C19H17F2NO3. The molecular weight excluding hydrogens is 328 g/mol. The van der Waals surface area contributed by atoms with E-state index in [4.69, 9.17) is 5.11 Å². The van der Waals surface area contributed by atoms with Gasteiger partial charge in [-0.05, 0) is 48.2 Å². The first-order chi connectivity index (χ1) is 12.0. The highest BCUT2D eigenvalue weighted by Gasteiger charge is 2.37. The third kappa shape index (κ3) is 3.68. The number of carbonyl (C=O) groups excluding carboxylic acids is 1. The van der Waals surface area contributed by atoms with Crippen molar-refractivity contribution in [3.63, 3.8) is 0 Å². The second kappa shape index (κ2) is 7.01. The van der Waals surface area contributed by atoms with E-state index in [9.17, 15) is 18.4 Å². The number of aliphatic carboxylic acids is 1.